The number of carbonyl (C=O) groups is 2. The smallest absolute Gasteiger partial charge is 0.339 e. The fraction of sp³-hybridized carbons (Fsp3) is 0.263. The number of ether oxygens (including phenoxy) is 1. The highest BCUT2D eigenvalue weighted by molar-refractivity contribution is 7.89. The van der Waals surface area contributed by atoms with Gasteiger partial charge in [-0.25, -0.2) is 17.9 Å². The standard InChI is InChI=1S/C19H22N2O5S/c1-13(2)14-8-10-15(11-9-14)27(24,25)20-12-18(22)21-17-7-5-4-6-16(17)19(23)26-3/h4-11,13,20H,12H2,1-3H3,(H,21,22). The largest absolute Gasteiger partial charge is 0.465 e. The van der Waals surface area contributed by atoms with Crippen LogP contribution in [0.3, 0.4) is 0 Å². The maximum absolute atomic E-state index is 12.3. The number of para-hydroxylation sites is 1. The highest BCUT2D eigenvalue weighted by Gasteiger charge is 2.17. The second-order valence-corrected chi connectivity index (χ2v) is 7.90. The van der Waals surface area contributed by atoms with Gasteiger partial charge in [-0.1, -0.05) is 38.1 Å². The number of amides is 1. The van der Waals surface area contributed by atoms with E-state index < -0.39 is 28.4 Å². The first kappa shape index (κ1) is 20.6. The number of rotatable bonds is 7. The molecule has 7 nitrogen and oxygen atoms in total. The zero-order valence-electron chi connectivity index (χ0n) is 15.4. The van der Waals surface area contributed by atoms with E-state index in [2.05, 4.69) is 14.8 Å². The highest BCUT2D eigenvalue weighted by Crippen LogP contribution is 2.18. The molecule has 0 atom stereocenters. The number of methoxy groups -OCH3 is 1. The topological polar surface area (TPSA) is 102 Å². The minimum absolute atomic E-state index is 0.0784. The Labute approximate surface area is 158 Å². The zero-order valence-corrected chi connectivity index (χ0v) is 16.2. The van der Waals surface area contributed by atoms with Crippen LogP contribution in [-0.4, -0.2) is 33.9 Å². The van der Waals surface area contributed by atoms with Crippen molar-refractivity contribution in [2.45, 2.75) is 24.7 Å². The van der Waals surface area contributed by atoms with E-state index in [4.69, 9.17) is 0 Å². The molecule has 1 amide bonds. The lowest BCUT2D eigenvalue weighted by molar-refractivity contribution is -0.115. The van der Waals surface area contributed by atoms with Gasteiger partial charge in [0, 0.05) is 0 Å². The summed E-state index contributed by atoms with van der Waals surface area (Å²) in [7, 11) is -2.59. The summed E-state index contributed by atoms with van der Waals surface area (Å²) in [5.41, 5.74) is 1.45. The average Bonchev–Trinajstić information content (AvgIpc) is 2.66. The van der Waals surface area contributed by atoms with Crippen molar-refractivity contribution in [1.82, 2.24) is 4.72 Å². The maximum atomic E-state index is 12.3. The molecule has 0 unspecified atom stereocenters. The molecule has 0 bridgehead atoms. The molecule has 0 heterocycles. The molecule has 2 rings (SSSR count). The molecule has 2 aromatic carbocycles. The predicted molar refractivity (Wildman–Crippen MR) is 102 cm³/mol. The fourth-order valence-electron chi connectivity index (χ4n) is 2.35. The van der Waals surface area contributed by atoms with Crippen LogP contribution in [0.5, 0.6) is 0 Å². The Hall–Kier alpha value is -2.71. The van der Waals surface area contributed by atoms with Gasteiger partial charge in [0.05, 0.1) is 29.8 Å². The van der Waals surface area contributed by atoms with Gasteiger partial charge in [-0.15, -0.1) is 0 Å². The van der Waals surface area contributed by atoms with Crippen LogP contribution in [0.2, 0.25) is 0 Å². The van der Waals surface area contributed by atoms with Gasteiger partial charge in [0.15, 0.2) is 0 Å². The predicted octanol–water partition coefficient (Wildman–Crippen LogP) is 2.51. The van der Waals surface area contributed by atoms with Crippen LogP contribution in [0.4, 0.5) is 5.69 Å². The highest BCUT2D eigenvalue weighted by atomic mass is 32.2. The molecule has 144 valence electrons. The number of sulfonamides is 1. The van der Waals surface area contributed by atoms with Gasteiger partial charge in [-0.05, 0) is 35.7 Å². The molecule has 2 aromatic rings. The van der Waals surface area contributed by atoms with Crippen molar-refractivity contribution >= 4 is 27.6 Å². The Morgan fingerprint density at radius 1 is 1.04 bits per heavy atom. The molecule has 0 saturated carbocycles. The minimum atomic E-state index is -3.82. The third-order valence-corrected chi connectivity index (χ3v) is 5.30. The third-order valence-electron chi connectivity index (χ3n) is 3.89. The Morgan fingerprint density at radius 3 is 2.26 bits per heavy atom. The third kappa shape index (κ3) is 5.38. The van der Waals surface area contributed by atoms with Crippen LogP contribution in [-0.2, 0) is 19.6 Å². The Bertz CT molecular complexity index is 921. The van der Waals surface area contributed by atoms with Crippen LogP contribution in [0.15, 0.2) is 53.4 Å². The first-order valence-corrected chi connectivity index (χ1v) is 9.79. The number of hydrogen-bond acceptors (Lipinski definition) is 5. The second-order valence-electron chi connectivity index (χ2n) is 6.13. The van der Waals surface area contributed by atoms with E-state index in [1.165, 1.54) is 31.4 Å². The van der Waals surface area contributed by atoms with Gasteiger partial charge in [-0.3, -0.25) is 4.79 Å². The molecule has 2 N–H and O–H groups in total. The first-order chi connectivity index (χ1) is 12.7. The van der Waals surface area contributed by atoms with E-state index >= 15 is 0 Å². The van der Waals surface area contributed by atoms with Crippen molar-refractivity contribution in [2.75, 3.05) is 19.0 Å². The van der Waals surface area contributed by atoms with E-state index in [1.807, 2.05) is 13.8 Å². The lowest BCUT2D eigenvalue weighted by atomic mass is 10.0. The number of nitrogens with one attached hydrogen (secondary N) is 2. The summed E-state index contributed by atoms with van der Waals surface area (Å²) >= 11 is 0. The fourth-order valence-corrected chi connectivity index (χ4v) is 3.33. The molecule has 0 aliphatic rings. The number of esters is 1. The van der Waals surface area contributed by atoms with E-state index in [1.54, 1.807) is 24.3 Å². The van der Waals surface area contributed by atoms with Crippen molar-refractivity contribution in [1.29, 1.82) is 0 Å². The molecule has 0 aliphatic carbocycles. The number of benzene rings is 2. The Kier molecular flexibility index (Phi) is 6.70. The van der Waals surface area contributed by atoms with E-state index in [0.29, 0.717) is 0 Å². The van der Waals surface area contributed by atoms with Crippen LogP contribution < -0.4 is 10.0 Å². The van der Waals surface area contributed by atoms with E-state index in [9.17, 15) is 18.0 Å². The normalized spacial score (nSPS) is 11.3. The van der Waals surface area contributed by atoms with Gasteiger partial charge in [0.1, 0.15) is 0 Å². The van der Waals surface area contributed by atoms with E-state index in [-0.39, 0.29) is 22.1 Å². The number of anilines is 1. The number of carbonyl (C=O) groups excluding carboxylic acids is 2. The molecule has 0 spiro atoms. The summed E-state index contributed by atoms with van der Waals surface area (Å²) in [5, 5.41) is 2.51. The summed E-state index contributed by atoms with van der Waals surface area (Å²) in [5.74, 6) is -0.916. The SMILES string of the molecule is COC(=O)c1ccccc1NC(=O)CNS(=O)(=O)c1ccc(C(C)C)cc1. The van der Waals surface area contributed by atoms with Gasteiger partial charge < -0.3 is 10.1 Å². The molecule has 0 aromatic heterocycles. The van der Waals surface area contributed by atoms with Crippen molar-refractivity contribution in [3.8, 4) is 0 Å². The molecule has 8 heteroatoms. The number of hydrogen-bond donors (Lipinski definition) is 2. The molecule has 0 saturated heterocycles. The van der Waals surface area contributed by atoms with Gasteiger partial charge >= 0.3 is 5.97 Å². The molecule has 27 heavy (non-hydrogen) atoms. The zero-order chi connectivity index (χ0) is 20.0. The summed E-state index contributed by atoms with van der Waals surface area (Å²) in [6.45, 7) is 3.56. The van der Waals surface area contributed by atoms with Gasteiger partial charge in [0.25, 0.3) is 0 Å². The summed E-state index contributed by atoms with van der Waals surface area (Å²) in [6.07, 6.45) is 0. The molecule has 0 fully saturated rings. The lowest BCUT2D eigenvalue weighted by Crippen LogP contribution is -2.33. The van der Waals surface area contributed by atoms with Crippen molar-refractivity contribution in [3.05, 3.63) is 59.7 Å². The lowest BCUT2D eigenvalue weighted by Gasteiger charge is -2.11. The second kappa shape index (κ2) is 8.79. The minimum Gasteiger partial charge on any atom is -0.465 e. The summed E-state index contributed by atoms with van der Waals surface area (Å²) in [4.78, 5) is 23.9. The van der Waals surface area contributed by atoms with Crippen LogP contribution in [0, 0.1) is 0 Å². The van der Waals surface area contributed by atoms with Gasteiger partial charge in [-0.2, -0.15) is 0 Å². The quantitative estimate of drug-likeness (QED) is 0.708. The van der Waals surface area contributed by atoms with Crippen LogP contribution in [0.25, 0.3) is 0 Å². The van der Waals surface area contributed by atoms with Gasteiger partial charge in [0.2, 0.25) is 15.9 Å². The van der Waals surface area contributed by atoms with Crippen molar-refractivity contribution in [2.24, 2.45) is 0 Å². The van der Waals surface area contributed by atoms with Crippen LogP contribution >= 0.6 is 0 Å². The summed E-state index contributed by atoms with van der Waals surface area (Å²) < 4.78 is 31.6. The molecule has 0 aliphatic heterocycles. The summed E-state index contributed by atoms with van der Waals surface area (Å²) in [6, 6.07) is 12.8. The first-order valence-electron chi connectivity index (χ1n) is 8.31. The van der Waals surface area contributed by atoms with Crippen molar-refractivity contribution < 1.29 is 22.7 Å². The van der Waals surface area contributed by atoms with Crippen molar-refractivity contribution in [3.63, 3.8) is 0 Å². The molecule has 0 radical (unpaired) electrons. The van der Waals surface area contributed by atoms with E-state index in [0.717, 1.165) is 5.56 Å². The monoisotopic (exact) mass is 390 g/mol. The molecular formula is C19H22N2O5S. The van der Waals surface area contributed by atoms with Crippen LogP contribution in [0.1, 0.15) is 35.7 Å². The Balaban J connectivity index is 2.04. The Morgan fingerprint density at radius 2 is 1.67 bits per heavy atom. The average molecular weight is 390 g/mol. The molecular weight excluding hydrogens is 368 g/mol. The maximum Gasteiger partial charge on any atom is 0.339 e.